The number of phenols is 1. The van der Waals surface area contributed by atoms with E-state index in [1.165, 1.54) is 12.7 Å². The van der Waals surface area contributed by atoms with Crippen molar-refractivity contribution in [2.45, 2.75) is 20.5 Å². The minimum absolute atomic E-state index is 0.0862. The maximum Gasteiger partial charge on any atom is 0.160 e. The molecule has 0 radical (unpaired) electrons. The first kappa shape index (κ1) is 14.9. The normalized spacial score (nSPS) is 11.3. The lowest BCUT2D eigenvalue weighted by Crippen LogP contribution is -1.97. The van der Waals surface area contributed by atoms with Crippen LogP contribution < -0.4 is 4.74 Å². The summed E-state index contributed by atoms with van der Waals surface area (Å²) in [5.41, 5.74) is 3.76. The Bertz CT molecular complexity index is 633. The molecule has 0 saturated carbocycles. The first-order valence-corrected chi connectivity index (χ1v) is 6.69. The summed E-state index contributed by atoms with van der Waals surface area (Å²) in [6.07, 6.45) is 0. The highest BCUT2D eigenvalue weighted by Crippen LogP contribution is 2.26. The molecule has 0 spiro atoms. The van der Waals surface area contributed by atoms with Gasteiger partial charge in [0, 0.05) is 5.56 Å². The van der Waals surface area contributed by atoms with Crippen LogP contribution in [0, 0.1) is 6.92 Å². The van der Waals surface area contributed by atoms with E-state index >= 15 is 0 Å². The second-order valence-corrected chi connectivity index (χ2v) is 4.82. The zero-order valence-electron chi connectivity index (χ0n) is 12.5. The largest absolute Gasteiger partial charge is 0.504 e. The lowest BCUT2D eigenvalue weighted by molar-refractivity contribution is 0.130. The molecule has 0 aliphatic heterocycles. The molecule has 0 aliphatic carbocycles. The summed E-state index contributed by atoms with van der Waals surface area (Å²) in [4.78, 5) is 5.35. The summed E-state index contributed by atoms with van der Waals surface area (Å²) >= 11 is 0. The fraction of sp³-hybridized carbons (Fsp3) is 0.235. The number of ether oxygens (including phenoxy) is 1. The van der Waals surface area contributed by atoms with E-state index in [0.717, 1.165) is 11.1 Å². The second kappa shape index (κ2) is 6.79. The number of rotatable bonds is 5. The monoisotopic (exact) mass is 285 g/mol. The summed E-state index contributed by atoms with van der Waals surface area (Å²) in [6, 6.07) is 13.2. The van der Waals surface area contributed by atoms with Gasteiger partial charge in [0.1, 0.15) is 6.61 Å². The van der Waals surface area contributed by atoms with Gasteiger partial charge in [-0.15, -0.1) is 0 Å². The Kier molecular flexibility index (Phi) is 4.82. The molecule has 2 rings (SSSR count). The van der Waals surface area contributed by atoms with Crippen LogP contribution in [0.15, 0.2) is 47.6 Å². The molecule has 110 valence electrons. The van der Waals surface area contributed by atoms with E-state index in [1.54, 1.807) is 12.1 Å². The van der Waals surface area contributed by atoms with E-state index in [-0.39, 0.29) is 5.75 Å². The molecule has 0 unspecified atom stereocenters. The molecule has 0 fully saturated rings. The summed E-state index contributed by atoms with van der Waals surface area (Å²) in [7, 11) is 1.51. The fourth-order valence-corrected chi connectivity index (χ4v) is 1.86. The molecule has 0 saturated heterocycles. The Morgan fingerprint density at radius 2 is 1.86 bits per heavy atom. The Morgan fingerprint density at radius 3 is 2.48 bits per heavy atom. The molecule has 0 aromatic heterocycles. The van der Waals surface area contributed by atoms with Crippen LogP contribution in [-0.2, 0) is 11.4 Å². The van der Waals surface area contributed by atoms with E-state index in [9.17, 15) is 5.11 Å². The number of nitrogens with zero attached hydrogens (tertiary/aromatic N) is 1. The SMILES string of the molecule is COc1ccc(/C(C)=N/OCc2ccc(C)cc2)cc1O. The van der Waals surface area contributed by atoms with Gasteiger partial charge in [-0.3, -0.25) is 0 Å². The van der Waals surface area contributed by atoms with E-state index in [2.05, 4.69) is 5.16 Å². The van der Waals surface area contributed by atoms with Crippen molar-refractivity contribution in [3.8, 4) is 11.5 Å². The van der Waals surface area contributed by atoms with E-state index in [4.69, 9.17) is 9.57 Å². The summed E-state index contributed by atoms with van der Waals surface area (Å²) in [6.45, 7) is 4.29. The standard InChI is InChI=1S/C17H19NO3/c1-12-4-6-14(7-5-12)11-21-18-13(2)15-8-9-17(20-3)16(19)10-15/h4-10,19H,11H2,1-3H3/b18-13+. The number of benzene rings is 2. The maximum atomic E-state index is 9.75. The quantitative estimate of drug-likeness (QED) is 0.674. The Balaban J connectivity index is 2.00. The van der Waals surface area contributed by atoms with Crippen LogP contribution in [0.4, 0.5) is 0 Å². The third-order valence-corrected chi connectivity index (χ3v) is 3.15. The Labute approximate surface area is 124 Å². The zero-order chi connectivity index (χ0) is 15.2. The van der Waals surface area contributed by atoms with Crippen LogP contribution in [0.25, 0.3) is 0 Å². The Morgan fingerprint density at radius 1 is 1.14 bits per heavy atom. The lowest BCUT2D eigenvalue weighted by Gasteiger charge is -2.06. The van der Waals surface area contributed by atoms with Crippen molar-refractivity contribution in [1.29, 1.82) is 0 Å². The molecule has 1 N–H and O–H groups in total. The summed E-state index contributed by atoms with van der Waals surface area (Å²) < 4.78 is 5.01. The van der Waals surface area contributed by atoms with Gasteiger partial charge in [0.25, 0.3) is 0 Å². The molecule has 2 aromatic rings. The molecule has 0 aliphatic rings. The number of methoxy groups -OCH3 is 1. The predicted molar refractivity (Wildman–Crippen MR) is 82.8 cm³/mol. The lowest BCUT2D eigenvalue weighted by atomic mass is 10.1. The number of hydrogen-bond acceptors (Lipinski definition) is 4. The topological polar surface area (TPSA) is 51.0 Å². The first-order valence-electron chi connectivity index (χ1n) is 6.69. The molecule has 4 heteroatoms. The van der Waals surface area contributed by atoms with Gasteiger partial charge in [-0.05, 0) is 37.6 Å². The van der Waals surface area contributed by atoms with Crippen molar-refractivity contribution in [3.63, 3.8) is 0 Å². The average molecular weight is 285 g/mol. The van der Waals surface area contributed by atoms with Crippen molar-refractivity contribution >= 4 is 5.71 Å². The van der Waals surface area contributed by atoms with E-state index in [1.807, 2.05) is 44.2 Å². The van der Waals surface area contributed by atoms with Crippen molar-refractivity contribution in [1.82, 2.24) is 0 Å². The number of aryl methyl sites for hydroxylation is 1. The molecule has 4 nitrogen and oxygen atoms in total. The van der Waals surface area contributed by atoms with Gasteiger partial charge in [0.15, 0.2) is 11.5 Å². The van der Waals surface area contributed by atoms with Gasteiger partial charge in [0.2, 0.25) is 0 Å². The molecular formula is C17H19NO3. The van der Waals surface area contributed by atoms with Crippen LogP contribution in [0.2, 0.25) is 0 Å². The molecule has 0 amide bonds. The number of oxime groups is 1. The third kappa shape index (κ3) is 3.99. The van der Waals surface area contributed by atoms with Crippen LogP contribution >= 0.6 is 0 Å². The first-order chi connectivity index (χ1) is 10.1. The average Bonchev–Trinajstić information content (AvgIpc) is 2.49. The summed E-state index contributed by atoms with van der Waals surface area (Å²) in [5.74, 6) is 0.523. The highest BCUT2D eigenvalue weighted by molar-refractivity contribution is 5.98. The predicted octanol–water partition coefficient (Wildman–Crippen LogP) is 3.65. The van der Waals surface area contributed by atoms with Gasteiger partial charge in [-0.1, -0.05) is 35.0 Å². The van der Waals surface area contributed by atoms with Gasteiger partial charge >= 0.3 is 0 Å². The highest BCUT2D eigenvalue weighted by Gasteiger charge is 2.05. The molecule has 21 heavy (non-hydrogen) atoms. The fourth-order valence-electron chi connectivity index (χ4n) is 1.86. The Hall–Kier alpha value is -2.49. The zero-order valence-corrected chi connectivity index (χ0v) is 12.5. The smallest absolute Gasteiger partial charge is 0.160 e. The van der Waals surface area contributed by atoms with Crippen LogP contribution in [-0.4, -0.2) is 17.9 Å². The van der Waals surface area contributed by atoms with Crippen molar-refractivity contribution in [2.75, 3.05) is 7.11 Å². The van der Waals surface area contributed by atoms with E-state index in [0.29, 0.717) is 18.1 Å². The highest BCUT2D eigenvalue weighted by atomic mass is 16.6. The molecule has 0 atom stereocenters. The second-order valence-electron chi connectivity index (χ2n) is 4.82. The maximum absolute atomic E-state index is 9.75. The molecule has 2 aromatic carbocycles. The van der Waals surface area contributed by atoms with Gasteiger partial charge in [-0.2, -0.15) is 0 Å². The molecule has 0 bridgehead atoms. The summed E-state index contributed by atoms with van der Waals surface area (Å²) in [5, 5.41) is 13.8. The van der Waals surface area contributed by atoms with Crippen molar-refractivity contribution in [2.24, 2.45) is 5.16 Å². The molecular weight excluding hydrogens is 266 g/mol. The van der Waals surface area contributed by atoms with E-state index < -0.39 is 0 Å². The number of aromatic hydroxyl groups is 1. The van der Waals surface area contributed by atoms with Crippen molar-refractivity contribution in [3.05, 3.63) is 59.2 Å². The number of phenolic OH excluding ortho intramolecular Hbond substituents is 1. The molecule has 0 heterocycles. The van der Waals surface area contributed by atoms with Crippen molar-refractivity contribution < 1.29 is 14.7 Å². The van der Waals surface area contributed by atoms with Crippen LogP contribution in [0.5, 0.6) is 11.5 Å². The van der Waals surface area contributed by atoms with Crippen LogP contribution in [0.3, 0.4) is 0 Å². The van der Waals surface area contributed by atoms with Crippen LogP contribution in [0.1, 0.15) is 23.6 Å². The van der Waals surface area contributed by atoms with Gasteiger partial charge in [0.05, 0.1) is 12.8 Å². The van der Waals surface area contributed by atoms with Gasteiger partial charge < -0.3 is 14.7 Å². The minimum Gasteiger partial charge on any atom is -0.504 e. The third-order valence-electron chi connectivity index (χ3n) is 3.15. The van der Waals surface area contributed by atoms with Gasteiger partial charge in [-0.25, -0.2) is 0 Å². The minimum atomic E-state index is 0.0862. The number of hydrogen-bond donors (Lipinski definition) is 1.